The third kappa shape index (κ3) is 3.74. The molecule has 0 spiro atoms. The molecule has 8 heteroatoms. The van der Waals surface area contributed by atoms with E-state index in [1.54, 1.807) is 6.07 Å². The van der Waals surface area contributed by atoms with Crippen molar-refractivity contribution in [3.63, 3.8) is 0 Å². The Labute approximate surface area is 133 Å². The van der Waals surface area contributed by atoms with Crippen LogP contribution >= 0.6 is 22.9 Å². The average Bonchev–Trinajstić information content (AvgIpc) is 2.86. The Morgan fingerprint density at radius 1 is 1.43 bits per heavy atom. The molecule has 0 radical (unpaired) electrons. The number of benzene rings is 1. The molecule has 0 aliphatic carbocycles. The van der Waals surface area contributed by atoms with Crippen molar-refractivity contribution in [3.8, 4) is 0 Å². The fourth-order valence-electron chi connectivity index (χ4n) is 1.63. The van der Waals surface area contributed by atoms with E-state index in [9.17, 15) is 8.42 Å². The maximum Gasteiger partial charge on any atom is 0.263 e. The topological polar surface area (TPSA) is 85.1 Å². The van der Waals surface area contributed by atoms with Crippen LogP contribution in [-0.4, -0.2) is 13.4 Å². The van der Waals surface area contributed by atoms with Gasteiger partial charge in [0.05, 0.1) is 10.6 Å². The number of nitrogens with zero attached hydrogens (tertiary/aromatic N) is 1. The lowest BCUT2D eigenvalue weighted by atomic mass is 10.2. The van der Waals surface area contributed by atoms with E-state index in [-0.39, 0.29) is 17.4 Å². The predicted molar refractivity (Wildman–Crippen MR) is 86.4 cm³/mol. The fraction of sp³-hybridized carbons (Fsp3) is 0.308. The predicted octanol–water partition coefficient (Wildman–Crippen LogP) is 3.18. The van der Waals surface area contributed by atoms with Crippen LogP contribution in [0.25, 0.3) is 0 Å². The normalized spacial score (nSPS) is 11.9. The van der Waals surface area contributed by atoms with Crippen LogP contribution in [0.2, 0.25) is 5.02 Å². The van der Waals surface area contributed by atoms with Crippen molar-refractivity contribution >= 4 is 38.1 Å². The molecule has 2 rings (SSSR count). The van der Waals surface area contributed by atoms with Gasteiger partial charge in [0.15, 0.2) is 5.13 Å². The van der Waals surface area contributed by atoms with E-state index in [0.29, 0.717) is 15.7 Å². The molecule has 0 aliphatic heterocycles. The minimum atomic E-state index is -3.70. The molecular formula is C13H16ClN3O2S2. The molecule has 0 amide bonds. The first-order valence-corrected chi connectivity index (χ1v) is 9.04. The van der Waals surface area contributed by atoms with Crippen molar-refractivity contribution in [2.24, 2.45) is 5.73 Å². The monoisotopic (exact) mass is 345 g/mol. The molecule has 3 N–H and O–H groups in total. The highest BCUT2D eigenvalue weighted by atomic mass is 35.5. The minimum Gasteiger partial charge on any atom is -0.326 e. The van der Waals surface area contributed by atoms with Crippen LogP contribution in [0, 0.1) is 0 Å². The maximum absolute atomic E-state index is 12.3. The second kappa shape index (κ2) is 6.31. The zero-order valence-corrected chi connectivity index (χ0v) is 14.0. The number of thiazole rings is 1. The Kier molecular flexibility index (Phi) is 4.88. The number of anilines is 1. The summed E-state index contributed by atoms with van der Waals surface area (Å²) in [5, 5.41) is 2.52. The van der Waals surface area contributed by atoms with Crippen molar-refractivity contribution in [2.75, 3.05) is 4.72 Å². The van der Waals surface area contributed by atoms with Crippen molar-refractivity contribution in [1.29, 1.82) is 0 Å². The molecule has 21 heavy (non-hydrogen) atoms. The number of hydrogen-bond acceptors (Lipinski definition) is 5. The van der Waals surface area contributed by atoms with E-state index >= 15 is 0 Å². The summed E-state index contributed by atoms with van der Waals surface area (Å²) in [5.74, 6) is 0.248. The molecule has 1 heterocycles. The van der Waals surface area contributed by atoms with E-state index in [0.717, 1.165) is 5.69 Å². The van der Waals surface area contributed by atoms with Gasteiger partial charge in [0.1, 0.15) is 0 Å². The Bertz CT molecular complexity index is 742. The molecule has 0 fully saturated rings. The minimum absolute atomic E-state index is 0.0889. The van der Waals surface area contributed by atoms with E-state index < -0.39 is 10.0 Å². The molecule has 2 aromatic rings. The van der Waals surface area contributed by atoms with Crippen LogP contribution < -0.4 is 10.5 Å². The third-order valence-electron chi connectivity index (χ3n) is 2.89. The number of nitrogens with one attached hydrogen (secondary N) is 1. The Morgan fingerprint density at radius 3 is 2.67 bits per heavy atom. The van der Waals surface area contributed by atoms with Gasteiger partial charge in [0, 0.05) is 16.9 Å². The Morgan fingerprint density at radius 2 is 2.14 bits per heavy atom. The van der Waals surface area contributed by atoms with Crippen molar-refractivity contribution < 1.29 is 8.42 Å². The van der Waals surface area contributed by atoms with E-state index in [1.165, 1.54) is 23.5 Å². The van der Waals surface area contributed by atoms with Gasteiger partial charge in [-0.1, -0.05) is 31.5 Å². The van der Waals surface area contributed by atoms with Gasteiger partial charge < -0.3 is 5.73 Å². The van der Waals surface area contributed by atoms with Gasteiger partial charge >= 0.3 is 0 Å². The molecule has 0 aliphatic rings. The lowest BCUT2D eigenvalue weighted by Gasteiger charge is -2.07. The summed E-state index contributed by atoms with van der Waals surface area (Å²) in [4.78, 5) is 4.34. The van der Waals surface area contributed by atoms with Gasteiger partial charge in [-0.2, -0.15) is 0 Å². The highest BCUT2D eigenvalue weighted by molar-refractivity contribution is 7.93. The van der Waals surface area contributed by atoms with E-state index in [1.807, 2.05) is 19.2 Å². The highest BCUT2D eigenvalue weighted by Gasteiger charge is 2.18. The number of rotatable bonds is 5. The van der Waals surface area contributed by atoms with E-state index in [2.05, 4.69) is 9.71 Å². The molecule has 0 unspecified atom stereocenters. The van der Waals surface area contributed by atoms with Crippen molar-refractivity contribution in [1.82, 2.24) is 4.98 Å². The molecule has 0 bridgehead atoms. The van der Waals surface area contributed by atoms with Crippen LogP contribution in [0.5, 0.6) is 0 Å². The Hall–Kier alpha value is -1.15. The van der Waals surface area contributed by atoms with Crippen LogP contribution in [0.4, 0.5) is 5.13 Å². The SMILES string of the molecule is CC(C)c1csc(NS(=O)(=O)c2ccc(CN)c(Cl)c2)n1. The first-order valence-electron chi connectivity index (χ1n) is 6.30. The number of aromatic nitrogens is 1. The molecule has 1 aromatic heterocycles. The van der Waals surface area contributed by atoms with Gasteiger partial charge in [-0.25, -0.2) is 13.4 Å². The quantitative estimate of drug-likeness (QED) is 0.871. The van der Waals surface area contributed by atoms with Gasteiger partial charge in [0.25, 0.3) is 10.0 Å². The molecule has 5 nitrogen and oxygen atoms in total. The first-order chi connectivity index (χ1) is 9.83. The smallest absolute Gasteiger partial charge is 0.263 e. The largest absolute Gasteiger partial charge is 0.326 e. The summed E-state index contributed by atoms with van der Waals surface area (Å²) in [6, 6.07) is 4.48. The zero-order chi connectivity index (χ0) is 15.6. The summed E-state index contributed by atoms with van der Waals surface area (Å²) in [6.07, 6.45) is 0. The van der Waals surface area contributed by atoms with Gasteiger partial charge in [-0.3, -0.25) is 4.72 Å². The van der Waals surface area contributed by atoms with Crippen LogP contribution in [0.3, 0.4) is 0 Å². The second-order valence-corrected chi connectivity index (χ2v) is 7.74. The summed E-state index contributed by atoms with van der Waals surface area (Å²) in [6.45, 7) is 4.26. The van der Waals surface area contributed by atoms with E-state index in [4.69, 9.17) is 17.3 Å². The van der Waals surface area contributed by atoms with Gasteiger partial charge in [0.2, 0.25) is 0 Å². The standard InChI is InChI=1S/C13H16ClN3O2S2/c1-8(2)12-7-20-13(16-12)17-21(18,19)10-4-3-9(6-15)11(14)5-10/h3-5,7-8H,6,15H2,1-2H3,(H,16,17). The van der Waals surface area contributed by atoms with Crippen LogP contribution in [0.1, 0.15) is 31.0 Å². The summed E-state index contributed by atoms with van der Waals surface area (Å²) >= 11 is 7.26. The Balaban J connectivity index is 2.27. The summed E-state index contributed by atoms with van der Waals surface area (Å²) in [7, 11) is -3.70. The number of sulfonamides is 1. The van der Waals surface area contributed by atoms with Crippen LogP contribution in [0.15, 0.2) is 28.5 Å². The molecule has 0 saturated heterocycles. The lowest BCUT2D eigenvalue weighted by Crippen LogP contribution is -2.13. The van der Waals surface area contributed by atoms with Crippen LogP contribution in [-0.2, 0) is 16.6 Å². The molecule has 1 aromatic carbocycles. The third-order valence-corrected chi connectivity index (χ3v) is 5.48. The summed E-state index contributed by atoms with van der Waals surface area (Å²) in [5.41, 5.74) is 7.06. The molecule has 0 atom stereocenters. The lowest BCUT2D eigenvalue weighted by molar-refractivity contribution is 0.601. The highest BCUT2D eigenvalue weighted by Crippen LogP contribution is 2.26. The molecule has 114 valence electrons. The average molecular weight is 346 g/mol. The number of halogens is 1. The van der Waals surface area contributed by atoms with Gasteiger partial charge in [-0.15, -0.1) is 11.3 Å². The number of nitrogens with two attached hydrogens (primary N) is 1. The fourth-order valence-corrected chi connectivity index (χ4v) is 4.11. The first kappa shape index (κ1) is 16.2. The zero-order valence-electron chi connectivity index (χ0n) is 11.6. The number of hydrogen-bond donors (Lipinski definition) is 2. The second-order valence-electron chi connectivity index (χ2n) is 4.80. The van der Waals surface area contributed by atoms with Crippen molar-refractivity contribution in [3.05, 3.63) is 39.9 Å². The molecular weight excluding hydrogens is 330 g/mol. The van der Waals surface area contributed by atoms with Crippen molar-refractivity contribution in [2.45, 2.75) is 31.2 Å². The summed E-state index contributed by atoms with van der Waals surface area (Å²) < 4.78 is 27.1. The van der Waals surface area contributed by atoms with Gasteiger partial charge in [-0.05, 0) is 23.6 Å². The molecule has 0 saturated carbocycles. The maximum atomic E-state index is 12.3.